The Hall–Kier alpha value is -0.840. The molecule has 0 unspecified atom stereocenters. The van der Waals surface area contributed by atoms with Crippen molar-refractivity contribution in [3.63, 3.8) is 0 Å². The van der Waals surface area contributed by atoms with E-state index < -0.39 is 11.6 Å². The molecular formula is C12H18F2N2S. The minimum absolute atomic E-state index is 0.138. The molecule has 1 aromatic rings. The van der Waals surface area contributed by atoms with Crippen molar-refractivity contribution in [1.29, 1.82) is 0 Å². The summed E-state index contributed by atoms with van der Waals surface area (Å²) in [7, 11) is 0. The van der Waals surface area contributed by atoms with Gasteiger partial charge in [0.2, 0.25) is 0 Å². The van der Waals surface area contributed by atoms with Gasteiger partial charge in [0.1, 0.15) is 5.03 Å². The second-order valence-electron chi connectivity index (χ2n) is 4.24. The van der Waals surface area contributed by atoms with E-state index in [4.69, 9.17) is 0 Å². The van der Waals surface area contributed by atoms with Crippen LogP contribution in [0.15, 0.2) is 11.1 Å². The summed E-state index contributed by atoms with van der Waals surface area (Å²) in [4.78, 5) is 3.98. The molecular weight excluding hydrogens is 242 g/mol. The highest BCUT2D eigenvalue weighted by Gasteiger charge is 2.12. The molecule has 0 aliphatic carbocycles. The van der Waals surface area contributed by atoms with E-state index in [0.717, 1.165) is 18.2 Å². The number of aromatic nitrogens is 1. The topological polar surface area (TPSA) is 24.9 Å². The number of rotatable bonds is 6. The molecule has 0 saturated carbocycles. The van der Waals surface area contributed by atoms with Gasteiger partial charge in [-0.2, -0.15) is 0 Å². The van der Waals surface area contributed by atoms with Crippen molar-refractivity contribution >= 4 is 17.6 Å². The molecule has 0 atom stereocenters. The molecule has 0 saturated heterocycles. The molecule has 0 bridgehead atoms. The normalized spacial score (nSPS) is 10.9. The highest BCUT2D eigenvalue weighted by Crippen LogP contribution is 2.25. The van der Waals surface area contributed by atoms with Crippen LogP contribution in [0.4, 0.5) is 14.6 Å². The fraction of sp³-hybridized carbons (Fsp3) is 0.583. The molecule has 0 fully saturated rings. The SMILES string of the molecule is CCCNc1nc(SCC(C)C)c(F)cc1F. The van der Waals surface area contributed by atoms with Crippen molar-refractivity contribution in [3.8, 4) is 0 Å². The van der Waals surface area contributed by atoms with Crippen LogP contribution in [0.5, 0.6) is 0 Å². The lowest BCUT2D eigenvalue weighted by atomic mass is 10.3. The van der Waals surface area contributed by atoms with E-state index >= 15 is 0 Å². The molecule has 1 rings (SSSR count). The van der Waals surface area contributed by atoms with Crippen LogP contribution in [-0.2, 0) is 0 Å². The summed E-state index contributed by atoms with van der Waals surface area (Å²) >= 11 is 1.32. The standard InChI is InChI=1S/C12H18F2N2S/c1-4-5-15-11-9(13)6-10(14)12(16-11)17-7-8(2)3/h6,8H,4-5,7H2,1-3H3,(H,15,16). The van der Waals surface area contributed by atoms with Crippen LogP contribution in [0, 0.1) is 17.6 Å². The van der Waals surface area contributed by atoms with Crippen molar-refractivity contribution in [2.75, 3.05) is 17.6 Å². The fourth-order valence-electron chi connectivity index (χ4n) is 1.16. The summed E-state index contributed by atoms with van der Waals surface area (Å²) in [6, 6.07) is 0.896. The molecule has 1 N–H and O–H groups in total. The maximum Gasteiger partial charge on any atom is 0.168 e. The third kappa shape index (κ3) is 4.50. The molecule has 0 amide bonds. The number of thioether (sulfide) groups is 1. The van der Waals surface area contributed by atoms with Gasteiger partial charge in [0.25, 0.3) is 0 Å². The highest BCUT2D eigenvalue weighted by molar-refractivity contribution is 7.99. The van der Waals surface area contributed by atoms with Gasteiger partial charge in [-0.15, -0.1) is 11.8 Å². The number of halogens is 2. The molecule has 2 nitrogen and oxygen atoms in total. The Morgan fingerprint density at radius 3 is 2.65 bits per heavy atom. The van der Waals surface area contributed by atoms with Crippen molar-refractivity contribution in [2.24, 2.45) is 5.92 Å². The van der Waals surface area contributed by atoms with E-state index in [1.807, 2.05) is 20.8 Å². The molecule has 5 heteroatoms. The van der Waals surface area contributed by atoms with Gasteiger partial charge >= 0.3 is 0 Å². The zero-order chi connectivity index (χ0) is 12.8. The first-order valence-corrected chi connectivity index (χ1v) is 6.75. The van der Waals surface area contributed by atoms with Crippen molar-refractivity contribution in [3.05, 3.63) is 17.7 Å². The largest absolute Gasteiger partial charge is 0.368 e. The molecule has 0 aliphatic heterocycles. The summed E-state index contributed by atoms with van der Waals surface area (Å²) < 4.78 is 26.8. The molecule has 96 valence electrons. The molecule has 17 heavy (non-hydrogen) atoms. The first-order chi connectivity index (χ1) is 8.04. The Kier molecular flexibility index (Phi) is 5.68. The predicted molar refractivity (Wildman–Crippen MR) is 68.5 cm³/mol. The van der Waals surface area contributed by atoms with Crippen LogP contribution < -0.4 is 5.32 Å². The van der Waals surface area contributed by atoms with Gasteiger partial charge in [0, 0.05) is 18.4 Å². The van der Waals surface area contributed by atoms with Crippen LogP contribution in [0.2, 0.25) is 0 Å². The van der Waals surface area contributed by atoms with Crippen LogP contribution in [0.25, 0.3) is 0 Å². The highest BCUT2D eigenvalue weighted by atomic mass is 32.2. The molecule has 0 radical (unpaired) electrons. The third-order valence-corrected chi connectivity index (χ3v) is 3.39. The maximum atomic E-state index is 13.5. The molecule has 1 aromatic heterocycles. The van der Waals surface area contributed by atoms with Crippen molar-refractivity contribution in [1.82, 2.24) is 4.98 Å². The number of pyridine rings is 1. The Labute approximate surface area is 105 Å². The fourth-order valence-corrected chi connectivity index (χ4v) is 2.01. The van der Waals surface area contributed by atoms with Gasteiger partial charge in [-0.05, 0) is 12.3 Å². The monoisotopic (exact) mass is 260 g/mol. The van der Waals surface area contributed by atoms with Crippen molar-refractivity contribution < 1.29 is 8.78 Å². The van der Waals surface area contributed by atoms with Gasteiger partial charge in [-0.3, -0.25) is 0 Å². The maximum absolute atomic E-state index is 13.5. The third-order valence-electron chi connectivity index (χ3n) is 1.99. The number of hydrogen-bond acceptors (Lipinski definition) is 3. The van der Waals surface area contributed by atoms with E-state index in [1.165, 1.54) is 11.8 Å². The van der Waals surface area contributed by atoms with Gasteiger partial charge in [-0.25, -0.2) is 13.8 Å². The zero-order valence-electron chi connectivity index (χ0n) is 10.4. The van der Waals surface area contributed by atoms with Crippen LogP contribution in [0.1, 0.15) is 27.2 Å². The van der Waals surface area contributed by atoms with E-state index in [0.29, 0.717) is 12.5 Å². The number of nitrogens with one attached hydrogen (secondary N) is 1. The van der Waals surface area contributed by atoms with Crippen LogP contribution in [0.3, 0.4) is 0 Å². The summed E-state index contributed by atoms with van der Waals surface area (Å²) in [6.07, 6.45) is 0.868. The smallest absolute Gasteiger partial charge is 0.168 e. The molecule has 1 heterocycles. The first kappa shape index (κ1) is 14.2. The minimum Gasteiger partial charge on any atom is -0.368 e. The second-order valence-corrected chi connectivity index (χ2v) is 5.25. The summed E-state index contributed by atoms with van der Waals surface area (Å²) in [5.41, 5.74) is 0. The summed E-state index contributed by atoms with van der Waals surface area (Å²) in [5, 5.41) is 3.11. The van der Waals surface area contributed by atoms with Crippen LogP contribution in [-0.4, -0.2) is 17.3 Å². The van der Waals surface area contributed by atoms with E-state index in [2.05, 4.69) is 10.3 Å². The number of anilines is 1. The van der Waals surface area contributed by atoms with E-state index in [-0.39, 0.29) is 10.8 Å². The lowest BCUT2D eigenvalue weighted by molar-refractivity contribution is 0.550. The second kappa shape index (κ2) is 6.79. The Morgan fingerprint density at radius 1 is 1.35 bits per heavy atom. The molecule has 0 aromatic carbocycles. The number of hydrogen-bond donors (Lipinski definition) is 1. The summed E-state index contributed by atoms with van der Waals surface area (Å²) in [5.74, 6) is 0.126. The minimum atomic E-state index is -0.634. The van der Waals surface area contributed by atoms with Gasteiger partial charge < -0.3 is 5.32 Å². The summed E-state index contributed by atoms with van der Waals surface area (Å²) in [6.45, 7) is 6.70. The molecule has 0 spiro atoms. The van der Waals surface area contributed by atoms with E-state index in [1.54, 1.807) is 0 Å². The average molecular weight is 260 g/mol. The average Bonchev–Trinajstić information content (AvgIpc) is 2.26. The Bertz CT molecular complexity index is 370. The lowest BCUT2D eigenvalue weighted by Gasteiger charge is -2.09. The van der Waals surface area contributed by atoms with Gasteiger partial charge in [0.15, 0.2) is 17.5 Å². The zero-order valence-corrected chi connectivity index (χ0v) is 11.2. The van der Waals surface area contributed by atoms with E-state index in [9.17, 15) is 8.78 Å². The van der Waals surface area contributed by atoms with Gasteiger partial charge in [-0.1, -0.05) is 20.8 Å². The Morgan fingerprint density at radius 2 is 2.06 bits per heavy atom. The first-order valence-electron chi connectivity index (χ1n) is 5.77. The van der Waals surface area contributed by atoms with Crippen LogP contribution >= 0.6 is 11.8 Å². The molecule has 0 aliphatic rings. The predicted octanol–water partition coefficient (Wildman–Crippen LogP) is 3.93. The Balaban J connectivity index is 2.81. The van der Waals surface area contributed by atoms with Crippen molar-refractivity contribution in [2.45, 2.75) is 32.2 Å². The lowest BCUT2D eigenvalue weighted by Crippen LogP contribution is -2.06. The van der Waals surface area contributed by atoms with Gasteiger partial charge in [0.05, 0.1) is 0 Å². The quantitative estimate of drug-likeness (QED) is 0.784. The number of nitrogens with zero attached hydrogens (tertiary/aromatic N) is 1.